The standard InChI is InChI=1S/C30H43F2NO5Si/c1-29(2,3)37-28(36)33-25(16-20-12-10-9-11-13-20)26(38-39(7,8)30(4,5)6)18-22(27(34)35)17-21-14-15-23(31)19-24(21)32/h9-15,19,22,25-26H,16-18H2,1-8H3,(H,33,36)(H,34,35)/t22-,25+,26+/m1/s1. The molecule has 3 atom stereocenters. The van der Waals surface area contributed by atoms with Gasteiger partial charge in [-0.15, -0.1) is 0 Å². The van der Waals surface area contributed by atoms with Crippen LogP contribution >= 0.6 is 0 Å². The Kier molecular flexibility index (Phi) is 10.8. The fourth-order valence-electron chi connectivity index (χ4n) is 3.96. The number of ether oxygens (including phenoxy) is 1. The number of aliphatic carboxylic acids is 1. The van der Waals surface area contributed by atoms with E-state index in [1.165, 1.54) is 6.07 Å². The van der Waals surface area contributed by atoms with E-state index < -0.39 is 55.7 Å². The van der Waals surface area contributed by atoms with Gasteiger partial charge in [0.15, 0.2) is 8.32 Å². The lowest BCUT2D eigenvalue weighted by molar-refractivity contribution is -0.142. The lowest BCUT2D eigenvalue weighted by atomic mass is 9.89. The number of carbonyl (C=O) groups excluding carboxylic acids is 1. The van der Waals surface area contributed by atoms with Gasteiger partial charge < -0.3 is 19.6 Å². The van der Waals surface area contributed by atoms with E-state index in [0.29, 0.717) is 6.42 Å². The van der Waals surface area contributed by atoms with Crippen molar-refractivity contribution in [1.82, 2.24) is 5.32 Å². The predicted molar refractivity (Wildman–Crippen MR) is 151 cm³/mol. The topological polar surface area (TPSA) is 84.9 Å². The van der Waals surface area contributed by atoms with Crippen LogP contribution in [0.15, 0.2) is 48.5 Å². The van der Waals surface area contributed by atoms with Gasteiger partial charge in [-0.05, 0) is 75.4 Å². The fourth-order valence-corrected chi connectivity index (χ4v) is 5.33. The van der Waals surface area contributed by atoms with Crippen molar-refractivity contribution < 1.29 is 32.6 Å². The molecule has 0 aliphatic carbocycles. The van der Waals surface area contributed by atoms with Crippen molar-refractivity contribution in [2.24, 2.45) is 5.92 Å². The number of carboxylic acids is 1. The Bertz CT molecular complexity index is 1110. The number of amides is 1. The third kappa shape index (κ3) is 10.4. The van der Waals surface area contributed by atoms with Crippen molar-refractivity contribution >= 4 is 20.4 Å². The van der Waals surface area contributed by atoms with E-state index >= 15 is 0 Å². The second-order valence-electron chi connectivity index (χ2n) is 12.6. The van der Waals surface area contributed by atoms with Gasteiger partial charge in [-0.2, -0.15) is 0 Å². The van der Waals surface area contributed by atoms with Crippen LogP contribution in [0.3, 0.4) is 0 Å². The van der Waals surface area contributed by atoms with Gasteiger partial charge in [0.25, 0.3) is 0 Å². The first-order chi connectivity index (χ1) is 17.9. The van der Waals surface area contributed by atoms with Gasteiger partial charge in [0.05, 0.1) is 18.1 Å². The molecule has 0 radical (unpaired) electrons. The van der Waals surface area contributed by atoms with Gasteiger partial charge in [0.2, 0.25) is 0 Å². The number of alkyl carbamates (subject to hydrolysis) is 1. The van der Waals surface area contributed by atoms with Crippen LogP contribution < -0.4 is 5.32 Å². The first-order valence-corrected chi connectivity index (χ1v) is 16.2. The van der Waals surface area contributed by atoms with Crippen molar-refractivity contribution in [3.8, 4) is 0 Å². The Balaban J connectivity index is 2.50. The molecule has 0 unspecified atom stereocenters. The molecule has 216 valence electrons. The second-order valence-corrected chi connectivity index (χ2v) is 17.3. The molecule has 39 heavy (non-hydrogen) atoms. The maximum Gasteiger partial charge on any atom is 0.407 e. The summed E-state index contributed by atoms with van der Waals surface area (Å²) in [6.45, 7) is 15.6. The maximum atomic E-state index is 14.5. The quantitative estimate of drug-likeness (QED) is 0.284. The average molecular weight is 564 g/mol. The normalized spacial score (nSPS) is 14.8. The Hall–Kier alpha value is -2.78. The second kappa shape index (κ2) is 13.0. The number of hydrogen-bond donors (Lipinski definition) is 2. The predicted octanol–water partition coefficient (Wildman–Crippen LogP) is 7.12. The van der Waals surface area contributed by atoms with E-state index in [9.17, 15) is 23.5 Å². The Morgan fingerprint density at radius 2 is 1.59 bits per heavy atom. The summed E-state index contributed by atoms with van der Waals surface area (Å²) >= 11 is 0. The summed E-state index contributed by atoms with van der Waals surface area (Å²) < 4.78 is 40.3. The first-order valence-electron chi connectivity index (χ1n) is 13.3. The molecule has 0 fully saturated rings. The summed E-state index contributed by atoms with van der Waals surface area (Å²) in [5.41, 5.74) is 0.300. The number of carboxylic acid groups (broad SMARTS) is 1. The average Bonchev–Trinajstić information content (AvgIpc) is 2.77. The highest BCUT2D eigenvalue weighted by Crippen LogP contribution is 2.39. The van der Waals surface area contributed by atoms with Gasteiger partial charge in [-0.25, -0.2) is 13.6 Å². The van der Waals surface area contributed by atoms with Crippen LogP contribution in [0.5, 0.6) is 0 Å². The van der Waals surface area contributed by atoms with E-state index in [4.69, 9.17) is 9.16 Å². The van der Waals surface area contributed by atoms with Gasteiger partial charge >= 0.3 is 12.1 Å². The summed E-state index contributed by atoms with van der Waals surface area (Å²) in [6.07, 6.45) is -1.13. The molecule has 6 nitrogen and oxygen atoms in total. The van der Waals surface area contributed by atoms with Gasteiger partial charge in [-0.3, -0.25) is 4.79 Å². The van der Waals surface area contributed by atoms with E-state index in [-0.39, 0.29) is 23.4 Å². The molecule has 2 rings (SSSR count). The van der Waals surface area contributed by atoms with Crippen LogP contribution in [-0.4, -0.2) is 43.2 Å². The summed E-state index contributed by atoms with van der Waals surface area (Å²) in [5.74, 6) is -3.70. The number of hydrogen-bond acceptors (Lipinski definition) is 4. The molecule has 0 aromatic heterocycles. The van der Waals surface area contributed by atoms with Crippen LogP contribution in [0.2, 0.25) is 18.1 Å². The SMILES string of the molecule is CC(C)(C)OC(=O)N[C@@H](Cc1ccccc1)[C@H](C[C@@H](Cc1ccc(F)cc1F)C(=O)O)O[Si](C)(C)C(C)(C)C. The third-order valence-electron chi connectivity index (χ3n) is 7.05. The molecule has 0 bridgehead atoms. The highest BCUT2D eigenvalue weighted by Gasteiger charge is 2.42. The van der Waals surface area contributed by atoms with Crippen LogP contribution in [0.25, 0.3) is 0 Å². The molecule has 0 heterocycles. The van der Waals surface area contributed by atoms with Gasteiger partial charge in [0.1, 0.15) is 17.2 Å². The summed E-state index contributed by atoms with van der Waals surface area (Å²) in [7, 11) is -2.47. The van der Waals surface area contributed by atoms with E-state index in [2.05, 4.69) is 39.2 Å². The summed E-state index contributed by atoms with van der Waals surface area (Å²) in [6, 6.07) is 12.0. The van der Waals surface area contributed by atoms with Gasteiger partial charge in [0, 0.05) is 6.07 Å². The first kappa shape index (κ1) is 32.4. The molecule has 0 aliphatic heterocycles. The molecule has 0 spiro atoms. The number of carbonyl (C=O) groups is 2. The van der Waals surface area contributed by atoms with E-state index in [0.717, 1.165) is 17.7 Å². The fraction of sp³-hybridized carbons (Fsp3) is 0.533. The molecular formula is C30H43F2NO5Si. The molecule has 1 amide bonds. The minimum Gasteiger partial charge on any atom is -0.481 e. The largest absolute Gasteiger partial charge is 0.481 e. The smallest absolute Gasteiger partial charge is 0.407 e. The molecular weight excluding hydrogens is 520 g/mol. The van der Waals surface area contributed by atoms with Crippen molar-refractivity contribution in [3.05, 3.63) is 71.3 Å². The van der Waals surface area contributed by atoms with Crippen molar-refractivity contribution in [3.63, 3.8) is 0 Å². The summed E-state index contributed by atoms with van der Waals surface area (Å²) in [4.78, 5) is 25.4. The zero-order valence-electron chi connectivity index (χ0n) is 24.3. The Morgan fingerprint density at radius 3 is 2.10 bits per heavy atom. The minimum absolute atomic E-state index is 0.00591. The number of rotatable bonds is 11. The lowest BCUT2D eigenvalue weighted by Gasteiger charge is -2.42. The van der Waals surface area contributed by atoms with Crippen LogP contribution in [-0.2, 0) is 26.8 Å². The third-order valence-corrected chi connectivity index (χ3v) is 11.6. The van der Waals surface area contributed by atoms with Crippen LogP contribution in [0, 0.1) is 17.6 Å². The Labute approximate surface area is 232 Å². The highest BCUT2D eigenvalue weighted by molar-refractivity contribution is 6.74. The number of benzene rings is 2. The van der Waals surface area contributed by atoms with Crippen molar-refractivity contribution in [1.29, 1.82) is 0 Å². The number of nitrogens with one attached hydrogen (secondary N) is 1. The van der Waals surface area contributed by atoms with E-state index in [1.54, 1.807) is 20.8 Å². The number of halogens is 2. The Morgan fingerprint density at radius 1 is 0.974 bits per heavy atom. The molecule has 2 aromatic rings. The maximum absolute atomic E-state index is 14.5. The van der Waals surface area contributed by atoms with Gasteiger partial charge in [-0.1, -0.05) is 57.2 Å². The minimum atomic E-state index is -2.47. The van der Waals surface area contributed by atoms with Crippen molar-refractivity contribution in [2.75, 3.05) is 0 Å². The lowest BCUT2D eigenvalue weighted by Crippen LogP contribution is -2.54. The monoisotopic (exact) mass is 563 g/mol. The molecule has 0 aliphatic rings. The van der Waals surface area contributed by atoms with Crippen LogP contribution in [0.1, 0.15) is 59.1 Å². The molecule has 9 heteroatoms. The van der Waals surface area contributed by atoms with E-state index in [1.807, 2.05) is 30.3 Å². The zero-order valence-corrected chi connectivity index (χ0v) is 25.3. The summed E-state index contributed by atoms with van der Waals surface area (Å²) in [5, 5.41) is 12.9. The molecule has 2 N–H and O–H groups in total. The molecule has 0 saturated heterocycles. The molecule has 2 aromatic carbocycles. The van der Waals surface area contributed by atoms with Crippen LogP contribution in [0.4, 0.5) is 13.6 Å². The highest BCUT2D eigenvalue weighted by atomic mass is 28.4. The molecule has 0 saturated carbocycles. The zero-order chi connectivity index (χ0) is 29.6. The van der Waals surface area contributed by atoms with Crippen molar-refractivity contribution in [2.45, 2.75) is 96.7 Å².